The average Bonchev–Trinajstić information content (AvgIpc) is 2.08. The first kappa shape index (κ1) is 9.18. The number of hydrogen-bond donors (Lipinski definition) is 2. The summed E-state index contributed by atoms with van der Waals surface area (Å²) >= 11 is 0. The molecule has 2 N–H and O–H groups in total. The van der Waals surface area contributed by atoms with Gasteiger partial charge in [-0.1, -0.05) is 0 Å². The second-order valence-electron chi connectivity index (χ2n) is 2.37. The molecule has 0 aromatic carbocycles. The Hall–Kier alpha value is -1.91. The molecule has 0 atom stereocenters. The maximum Gasteiger partial charge on any atom is 0.309 e. The van der Waals surface area contributed by atoms with Crippen molar-refractivity contribution in [2.75, 3.05) is 5.32 Å². The quantitative estimate of drug-likeness (QED) is 0.652. The van der Waals surface area contributed by atoms with Crippen LogP contribution in [0.15, 0.2) is 18.3 Å². The highest BCUT2D eigenvalue weighted by atomic mass is 16.4. The van der Waals surface area contributed by atoms with Gasteiger partial charge in [0.25, 0.3) is 0 Å². The van der Waals surface area contributed by atoms with Crippen molar-refractivity contribution in [1.82, 2.24) is 4.98 Å². The van der Waals surface area contributed by atoms with Crippen LogP contribution in [0, 0.1) is 0 Å². The van der Waals surface area contributed by atoms with E-state index in [0.29, 0.717) is 17.8 Å². The van der Waals surface area contributed by atoms with Gasteiger partial charge in [0.05, 0.1) is 24.0 Å². The number of hydrogen-bond acceptors (Lipinski definition) is 3. The monoisotopic (exact) mass is 180 g/mol. The molecular weight excluding hydrogens is 172 g/mol. The molecule has 1 amide bonds. The summed E-state index contributed by atoms with van der Waals surface area (Å²) < 4.78 is 0. The van der Waals surface area contributed by atoms with Crippen LogP contribution in [0.2, 0.25) is 0 Å². The minimum Gasteiger partial charge on any atom is -0.481 e. The summed E-state index contributed by atoms with van der Waals surface area (Å²) in [5.41, 5.74) is 1.01. The van der Waals surface area contributed by atoms with Crippen LogP contribution in [-0.4, -0.2) is 22.5 Å². The van der Waals surface area contributed by atoms with Crippen LogP contribution in [0.1, 0.15) is 5.69 Å². The smallest absolute Gasteiger partial charge is 0.309 e. The molecule has 0 bridgehead atoms. The van der Waals surface area contributed by atoms with Gasteiger partial charge in [-0.15, -0.1) is 0 Å². The maximum absolute atomic E-state index is 10.3. The Bertz CT molecular complexity index is 308. The lowest BCUT2D eigenvalue weighted by molar-refractivity contribution is -0.136. The van der Waals surface area contributed by atoms with Gasteiger partial charge in [-0.25, -0.2) is 0 Å². The maximum atomic E-state index is 10.3. The number of nitrogens with one attached hydrogen (secondary N) is 1. The lowest BCUT2D eigenvalue weighted by Gasteiger charge is -1.98. The molecule has 1 heterocycles. The fourth-order valence-corrected chi connectivity index (χ4v) is 0.837. The number of nitrogens with zero attached hydrogens (tertiary/aromatic N) is 1. The Kier molecular flexibility index (Phi) is 2.97. The first-order chi connectivity index (χ1) is 6.22. The van der Waals surface area contributed by atoms with Crippen molar-refractivity contribution in [3.8, 4) is 0 Å². The average molecular weight is 180 g/mol. The van der Waals surface area contributed by atoms with Gasteiger partial charge < -0.3 is 10.4 Å². The summed E-state index contributed by atoms with van der Waals surface area (Å²) in [6, 6.07) is 3.15. The third-order valence-corrected chi connectivity index (χ3v) is 1.38. The molecule has 0 saturated carbocycles. The van der Waals surface area contributed by atoms with Crippen molar-refractivity contribution in [3.63, 3.8) is 0 Å². The van der Waals surface area contributed by atoms with Crippen LogP contribution in [0.3, 0.4) is 0 Å². The summed E-state index contributed by atoms with van der Waals surface area (Å²) in [7, 11) is 0. The molecule has 1 aromatic rings. The summed E-state index contributed by atoms with van der Waals surface area (Å²) in [4.78, 5) is 24.1. The van der Waals surface area contributed by atoms with Gasteiger partial charge in [0.15, 0.2) is 0 Å². The van der Waals surface area contributed by atoms with E-state index in [2.05, 4.69) is 10.3 Å². The number of carboxylic acid groups (broad SMARTS) is 1. The second kappa shape index (κ2) is 4.20. The molecule has 0 aliphatic carbocycles. The van der Waals surface area contributed by atoms with Gasteiger partial charge in [-0.3, -0.25) is 14.6 Å². The predicted molar refractivity (Wildman–Crippen MR) is 45.3 cm³/mol. The molecule has 1 rings (SSSR count). The molecule has 0 aliphatic heterocycles. The van der Waals surface area contributed by atoms with E-state index in [9.17, 15) is 9.59 Å². The van der Waals surface area contributed by atoms with E-state index >= 15 is 0 Å². The van der Waals surface area contributed by atoms with Crippen molar-refractivity contribution in [2.45, 2.75) is 6.42 Å². The van der Waals surface area contributed by atoms with Crippen LogP contribution in [0.5, 0.6) is 0 Å². The molecule has 0 radical (unpaired) electrons. The predicted octanol–water partition coefficient (Wildman–Crippen LogP) is 0.277. The lowest BCUT2D eigenvalue weighted by atomic mass is 10.2. The van der Waals surface area contributed by atoms with Crippen LogP contribution >= 0.6 is 0 Å². The Morgan fingerprint density at radius 2 is 2.38 bits per heavy atom. The highest BCUT2D eigenvalue weighted by molar-refractivity contribution is 5.71. The molecular formula is C8H8N2O3. The van der Waals surface area contributed by atoms with E-state index in [1.165, 1.54) is 6.20 Å². The van der Waals surface area contributed by atoms with Crippen LogP contribution in [-0.2, 0) is 16.0 Å². The number of anilines is 1. The number of amides is 1. The van der Waals surface area contributed by atoms with Crippen molar-refractivity contribution in [2.24, 2.45) is 0 Å². The first-order valence-electron chi connectivity index (χ1n) is 3.59. The second-order valence-corrected chi connectivity index (χ2v) is 2.37. The zero-order chi connectivity index (χ0) is 9.68. The Morgan fingerprint density at radius 3 is 2.85 bits per heavy atom. The Morgan fingerprint density at radius 1 is 1.62 bits per heavy atom. The van der Waals surface area contributed by atoms with Gasteiger partial charge in [-0.05, 0) is 12.1 Å². The third-order valence-electron chi connectivity index (χ3n) is 1.38. The molecule has 13 heavy (non-hydrogen) atoms. The van der Waals surface area contributed by atoms with Gasteiger partial charge in [0.2, 0.25) is 6.41 Å². The van der Waals surface area contributed by atoms with Gasteiger partial charge in [-0.2, -0.15) is 0 Å². The van der Waals surface area contributed by atoms with E-state index in [0.717, 1.165) is 0 Å². The summed E-state index contributed by atoms with van der Waals surface area (Å²) in [5.74, 6) is -0.927. The van der Waals surface area contributed by atoms with Gasteiger partial charge in [0.1, 0.15) is 0 Å². The number of carbonyl (C=O) groups is 2. The van der Waals surface area contributed by atoms with E-state index in [1.807, 2.05) is 0 Å². The van der Waals surface area contributed by atoms with E-state index in [4.69, 9.17) is 5.11 Å². The van der Waals surface area contributed by atoms with E-state index in [1.54, 1.807) is 12.1 Å². The van der Waals surface area contributed by atoms with Crippen molar-refractivity contribution in [3.05, 3.63) is 24.0 Å². The van der Waals surface area contributed by atoms with Crippen LogP contribution in [0.25, 0.3) is 0 Å². The highest BCUT2D eigenvalue weighted by Crippen LogP contribution is 2.05. The molecule has 5 heteroatoms. The summed E-state index contributed by atoms with van der Waals surface area (Å²) in [6.07, 6.45) is 1.84. The zero-order valence-corrected chi connectivity index (χ0v) is 6.73. The normalized spacial score (nSPS) is 9.23. The standard InChI is InChI=1S/C8H8N2O3/c11-5-10-7-2-1-6(9-4-7)3-8(12)13/h1-2,4-5H,3H2,(H,10,11)(H,12,13). The molecule has 0 saturated heterocycles. The van der Waals surface area contributed by atoms with Crippen molar-refractivity contribution < 1.29 is 14.7 Å². The third kappa shape index (κ3) is 2.90. The number of pyridine rings is 1. The number of carboxylic acids is 1. The lowest BCUT2D eigenvalue weighted by Crippen LogP contribution is -2.02. The molecule has 0 unspecified atom stereocenters. The topological polar surface area (TPSA) is 79.3 Å². The van der Waals surface area contributed by atoms with Gasteiger partial charge in [0, 0.05) is 0 Å². The number of aliphatic carboxylic acids is 1. The molecule has 0 spiro atoms. The van der Waals surface area contributed by atoms with Crippen molar-refractivity contribution >= 4 is 18.1 Å². The Balaban J connectivity index is 2.69. The fourth-order valence-electron chi connectivity index (χ4n) is 0.837. The minimum absolute atomic E-state index is 0.110. The number of aromatic nitrogens is 1. The highest BCUT2D eigenvalue weighted by Gasteiger charge is 2.00. The summed E-state index contributed by atoms with van der Waals surface area (Å²) in [6.45, 7) is 0. The number of carbonyl (C=O) groups excluding carboxylic acids is 1. The largest absolute Gasteiger partial charge is 0.481 e. The Labute approximate surface area is 74.4 Å². The minimum atomic E-state index is -0.927. The molecule has 0 aliphatic rings. The first-order valence-corrected chi connectivity index (χ1v) is 3.59. The SMILES string of the molecule is O=CNc1ccc(CC(=O)O)nc1. The van der Waals surface area contributed by atoms with Crippen LogP contribution in [0.4, 0.5) is 5.69 Å². The molecule has 5 nitrogen and oxygen atoms in total. The van der Waals surface area contributed by atoms with Crippen molar-refractivity contribution in [1.29, 1.82) is 0 Å². The zero-order valence-electron chi connectivity index (χ0n) is 6.73. The van der Waals surface area contributed by atoms with E-state index < -0.39 is 5.97 Å². The van der Waals surface area contributed by atoms with E-state index in [-0.39, 0.29) is 6.42 Å². The van der Waals surface area contributed by atoms with Crippen LogP contribution < -0.4 is 5.32 Å². The molecule has 0 fully saturated rings. The molecule has 1 aromatic heterocycles. The van der Waals surface area contributed by atoms with Gasteiger partial charge >= 0.3 is 5.97 Å². The fraction of sp³-hybridized carbons (Fsp3) is 0.125. The summed E-state index contributed by atoms with van der Waals surface area (Å²) in [5, 5.41) is 10.8. The molecule has 68 valence electrons. The number of rotatable bonds is 4.